The van der Waals surface area contributed by atoms with Crippen molar-refractivity contribution in [1.82, 2.24) is 4.90 Å². The summed E-state index contributed by atoms with van der Waals surface area (Å²) in [5.41, 5.74) is 1.53. The van der Waals surface area contributed by atoms with E-state index in [9.17, 15) is 13.2 Å². The fourth-order valence-electron chi connectivity index (χ4n) is 3.70. The van der Waals surface area contributed by atoms with Crippen LogP contribution in [0.5, 0.6) is 0 Å². The number of fused-ring (bicyclic) bond motifs is 3. The van der Waals surface area contributed by atoms with Crippen LogP contribution in [-0.2, 0) is 12.6 Å². The van der Waals surface area contributed by atoms with Crippen LogP contribution in [0.25, 0.3) is 0 Å². The highest BCUT2D eigenvalue weighted by Crippen LogP contribution is 2.46. The summed E-state index contributed by atoms with van der Waals surface area (Å²) in [5.74, 6) is 0.507. The Morgan fingerprint density at radius 3 is 2.79 bits per heavy atom. The molecule has 0 amide bonds. The van der Waals surface area contributed by atoms with E-state index < -0.39 is 11.7 Å². The first-order valence-corrected chi connectivity index (χ1v) is 6.94. The summed E-state index contributed by atoms with van der Waals surface area (Å²) in [6.07, 6.45) is -1.13. The predicted octanol–water partition coefficient (Wildman–Crippen LogP) is 4.03. The lowest BCUT2D eigenvalue weighted by Crippen LogP contribution is -2.36. The summed E-state index contributed by atoms with van der Waals surface area (Å²) in [5, 5.41) is 0. The molecule has 1 aromatic carbocycles. The van der Waals surface area contributed by atoms with Crippen LogP contribution in [0.2, 0.25) is 0 Å². The van der Waals surface area contributed by atoms with E-state index in [-0.39, 0.29) is 0 Å². The highest BCUT2D eigenvalue weighted by molar-refractivity contribution is 5.40. The van der Waals surface area contributed by atoms with Crippen LogP contribution < -0.4 is 0 Å². The summed E-state index contributed by atoms with van der Waals surface area (Å²) in [4.78, 5) is 2.41. The standard InChI is InChI=1S/C15H18F3N/c1-2-19-7-3-4-10-8-11-9-12(15(16,17)18)5-6-13(11)14(10)19/h5-6,9-10,14H,2-4,7-8H2,1H3/t10-,14-/m1/s1. The summed E-state index contributed by atoms with van der Waals surface area (Å²) in [6.45, 7) is 4.17. The Hall–Kier alpha value is -1.03. The zero-order valence-electron chi connectivity index (χ0n) is 11.0. The second kappa shape index (κ2) is 4.51. The van der Waals surface area contributed by atoms with Crippen LogP contribution in [0.3, 0.4) is 0 Å². The van der Waals surface area contributed by atoms with E-state index in [0.29, 0.717) is 12.0 Å². The smallest absolute Gasteiger partial charge is 0.296 e. The number of piperidine rings is 1. The monoisotopic (exact) mass is 269 g/mol. The van der Waals surface area contributed by atoms with Gasteiger partial charge in [-0.25, -0.2) is 0 Å². The minimum atomic E-state index is -4.23. The predicted molar refractivity (Wildman–Crippen MR) is 67.9 cm³/mol. The molecule has 1 aromatic rings. The van der Waals surface area contributed by atoms with Gasteiger partial charge in [0.25, 0.3) is 0 Å². The molecule has 0 bridgehead atoms. The SMILES string of the molecule is CCN1CCC[C@@H]2Cc3cc(C(F)(F)F)ccc3[C@@H]21. The first-order valence-electron chi connectivity index (χ1n) is 6.94. The summed E-state index contributed by atoms with van der Waals surface area (Å²) in [6, 6.07) is 4.65. The van der Waals surface area contributed by atoms with Crippen molar-refractivity contribution >= 4 is 0 Å². The molecular weight excluding hydrogens is 251 g/mol. The minimum Gasteiger partial charge on any atom is -0.296 e. The second-order valence-corrected chi connectivity index (χ2v) is 5.59. The number of halogens is 3. The Labute approximate surface area is 111 Å². The van der Waals surface area contributed by atoms with Gasteiger partial charge in [0.1, 0.15) is 0 Å². The Morgan fingerprint density at radius 1 is 1.32 bits per heavy atom. The van der Waals surface area contributed by atoms with Gasteiger partial charge in [0.05, 0.1) is 5.56 Å². The topological polar surface area (TPSA) is 3.24 Å². The molecule has 19 heavy (non-hydrogen) atoms. The Kier molecular flexibility index (Phi) is 3.08. The lowest BCUT2D eigenvalue weighted by atomic mass is 9.90. The third-order valence-corrected chi connectivity index (χ3v) is 4.54. The lowest BCUT2D eigenvalue weighted by Gasteiger charge is -2.37. The molecule has 1 saturated heterocycles. The van der Waals surface area contributed by atoms with Gasteiger partial charge in [-0.2, -0.15) is 13.2 Å². The van der Waals surface area contributed by atoms with E-state index in [0.717, 1.165) is 43.5 Å². The lowest BCUT2D eigenvalue weighted by molar-refractivity contribution is -0.137. The summed E-state index contributed by atoms with van der Waals surface area (Å²) in [7, 11) is 0. The molecule has 1 fully saturated rings. The minimum absolute atomic E-state index is 0.344. The van der Waals surface area contributed by atoms with Gasteiger partial charge in [0.15, 0.2) is 0 Å². The Bertz CT molecular complexity index is 481. The molecule has 104 valence electrons. The fraction of sp³-hybridized carbons (Fsp3) is 0.600. The van der Waals surface area contributed by atoms with Gasteiger partial charge in [-0.3, -0.25) is 4.90 Å². The van der Waals surface area contributed by atoms with Crippen molar-refractivity contribution in [1.29, 1.82) is 0 Å². The van der Waals surface area contributed by atoms with Gasteiger partial charge < -0.3 is 0 Å². The molecule has 1 aliphatic heterocycles. The van der Waals surface area contributed by atoms with Crippen LogP contribution in [0.4, 0.5) is 13.2 Å². The van der Waals surface area contributed by atoms with Crippen molar-refractivity contribution in [2.24, 2.45) is 5.92 Å². The van der Waals surface area contributed by atoms with Gasteiger partial charge in [0.2, 0.25) is 0 Å². The van der Waals surface area contributed by atoms with E-state index in [4.69, 9.17) is 0 Å². The fourth-order valence-corrected chi connectivity index (χ4v) is 3.70. The zero-order chi connectivity index (χ0) is 13.6. The third kappa shape index (κ3) is 2.16. The van der Waals surface area contributed by atoms with Crippen LogP contribution in [0.15, 0.2) is 18.2 Å². The molecule has 3 rings (SSSR count). The highest BCUT2D eigenvalue weighted by Gasteiger charge is 2.40. The van der Waals surface area contributed by atoms with Gasteiger partial charge >= 0.3 is 6.18 Å². The second-order valence-electron chi connectivity index (χ2n) is 5.59. The van der Waals surface area contributed by atoms with Crippen molar-refractivity contribution < 1.29 is 13.2 Å². The number of alkyl halides is 3. The van der Waals surface area contributed by atoms with Crippen LogP contribution in [-0.4, -0.2) is 18.0 Å². The molecule has 0 saturated carbocycles. The quantitative estimate of drug-likeness (QED) is 0.744. The number of nitrogens with zero attached hydrogens (tertiary/aromatic N) is 1. The molecule has 0 unspecified atom stereocenters. The average molecular weight is 269 g/mol. The number of rotatable bonds is 1. The Balaban J connectivity index is 1.97. The highest BCUT2D eigenvalue weighted by atomic mass is 19.4. The molecular formula is C15H18F3N. The maximum atomic E-state index is 12.8. The molecule has 1 nitrogen and oxygen atoms in total. The van der Waals surface area contributed by atoms with Gasteiger partial charge in [-0.1, -0.05) is 13.0 Å². The maximum absolute atomic E-state index is 12.8. The zero-order valence-corrected chi connectivity index (χ0v) is 11.0. The average Bonchev–Trinajstić information content (AvgIpc) is 2.74. The summed E-state index contributed by atoms with van der Waals surface area (Å²) < 4.78 is 38.3. The van der Waals surface area contributed by atoms with E-state index in [1.54, 1.807) is 6.07 Å². The van der Waals surface area contributed by atoms with Crippen molar-refractivity contribution in [3.8, 4) is 0 Å². The molecule has 1 heterocycles. The molecule has 4 heteroatoms. The molecule has 0 spiro atoms. The van der Waals surface area contributed by atoms with Crippen molar-refractivity contribution in [3.63, 3.8) is 0 Å². The van der Waals surface area contributed by atoms with E-state index in [2.05, 4.69) is 11.8 Å². The maximum Gasteiger partial charge on any atom is 0.416 e. The number of hydrogen-bond acceptors (Lipinski definition) is 1. The molecule has 0 N–H and O–H groups in total. The van der Waals surface area contributed by atoms with Gasteiger partial charge in [0, 0.05) is 6.04 Å². The number of likely N-dealkylation sites (tertiary alicyclic amines) is 1. The Morgan fingerprint density at radius 2 is 2.11 bits per heavy atom. The van der Waals surface area contributed by atoms with Crippen LogP contribution >= 0.6 is 0 Å². The normalized spacial score (nSPS) is 27.2. The van der Waals surface area contributed by atoms with Crippen molar-refractivity contribution in [2.45, 2.75) is 38.4 Å². The molecule has 0 radical (unpaired) electrons. The van der Waals surface area contributed by atoms with Gasteiger partial charge in [-0.15, -0.1) is 0 Å². The summed E-state index contributed by atoms with van der Waals surface area (Å²) >= 11 is 0. The first-order chi connectivity index (χ1) is 9.00. The molecule has 2 atom stereocenters. The van der Waals surface area contributed by atoms with Crippen molar-refractivity contribution in [2.75, 3.05) is 13.1 Å². The number of benzene rings is 1. The van der Waals surface area contributed by atoms with Gasteiger partial charge in [-0.05, 0) is 61.5 Å². The van der Waals surface area contributed by atoms with E-state index in [1.807, 2.05) is 0 Å². The third-order valence-electron chi connectivity index (χ3n) is 4.54. The van der Waals surface area contributed by atoms with E-state index >= 15 is 0 Å². The molecule has 0 aromatic heterocycles. The van der Waals surface area contributed by atoms with Crippen LogP contribution in [0.1, 0.15) is 42.5 Å². The molecule has 2 aliphatic rings. The largest absolute Gasteiger partial charge is 0.416 e. The van der Waals surface area contributed by atoms with E-state index in [1.165, 1.54) is 12.1 Å². The van der Waals surface area contributed by atoms with Crippen molar-refractivity contribution in [3.05, 3.63) is 34.9 Å². The first kappa shape index (κ1) is 13.0. The number of hydrogen-bond donors (Lipinski definition) is 0. The van der Waals surface area contributed by atoms with Crippen LogP contribution in [0, 0.1) is 5.92 Å². The molecule has 1 aliphatic carbocycles.